The average molecular weight is 349 g/mol. The number of carbonyl (C=O) groups is 1. The maximum atomic E-state index is 12.5. The molecule has 2 aromatic heterocycles. The van der Waals surface area contributed by atoms with Gasteiger partial charge in [0.05, 0.1) is 48.7 Å². The highest BCUT2D eigenvalue weighted by atomic mass is 32.1. The largest absolute Gasteiger partial charge is 0.368 e. The Morgan fingerprint density at radius 1 is 1.46 bits per heavy atom. The molecule has 1 unspecified atom stereocenters. The lowest BCUT2D eigenvalue weighted by Crippen LogP contribution is -2.41. The van der Waals surface area contributed by atoms with E-state index in [1.165, 1.54) is 0 Å². The summed E-state index contributed by atoms with van der Waals surface area (Å²) in [7, 11) is 3.80. The van der Waals surface area contributed by atoms with E-state index >= 15 is 0 Å². The molecule has 2 aromatic rings. The molecule has 1 atom stereocenters. The fourth-order valence-corrected chi connectivity index (χ4v) is 3.36. The molecule has 24 heavy (non-hydrogen) atoms. The summed E-state index contributed by atoms with van der Waals surface area (Å²) in [4.78, 5) is 20.7. The number of hydrogen-bond acceptors (Lipinski definition) is 6. The van der Waals surface area contributed by atoms with Crippen molar-refractivity contribution in [3.63, 3.8) is 0 Å². The van der Waals surface area contributed by atoms with Gasteiger partial charge in [-0.2, -0.15) is 5.10 Å². The average Bonchev–Trinajstić information content (AvgIpc) is 3.08. The monoisotopic (exact) mass is 349 g/mol. The number of aryl methyl sites for hydroxylation is 1. The van der Waals surface area contributed by atoms with Gasteiger partial charge in [-0.3, -0.25) is 9.48 Å². The highest BCUT2D eigenvalue weighted by Crippen LogP contribution is 2.16. The van der Waals surface area contributed by atoms with Crippen molar-refractivity contribution < 1.29 is 9.53 Å². The van der Waals surface area contributed by atoms with Crippen LogP contribution in [-0.2, 0) is 29.2 Å². The molecule has 0 radical (unpaired) electrons. The van der Waals surface area contributed by atoms with Gasteiger partial charge >= 0.3 is 0 Å². The number of nitrogens with zero attached hydrogens (tertiary/aromatic N) is 5. The minimum atomic E-state index is -0.0979. The van der Waals surface area contributed by atoms with Gasteiger partial charge in [-0.05, 0) is 27.1 Å². The molecule has 0 N–H and O–H groups in total. The lowest BCUT2D eigenvalue weighted by atomic mass is 10.3. The Morgan fingerprint density at radius 2 is 2.29 bits per heavy atom. The third-order valence-electron chi connectivity index (χ3n) is 3.90. The van der Waals surface area contributed by atoms with Gasteiger partial charge in [-0.1, -0.05) is 0 Å². The van der Waals surface area contributed by atoms with Gasteiger partial charge in [-0.15, -0.1) is 11.3 Å². The molecule has 3 heterocycles. The Balaban J connectivity index is 1.70. The molecule has 0 fully saturated rings. The van der Waals surface area contributed by atoms with Crippen LogP contribution in [0.1, 0.15) is 16.4 Å². The number of rotatable bonds is 5. The molecular formula is C16H23N5O2S. The van der Waals surface area contributed by atoms with Crippen molar-refractivity contribution in [1.29, 1.82) is 0 Å². The lowest BCUT2D eigenvalue weighted by Gasteiger charge is -2.25. The van der Waals surface area contributed by atoms with Crippen molar-refractivity contribution in [3.8, 4) is 0 Å². The van der Waals surface area contributed by atoms with E-state index in [2.05, 4.69) is 10.1 Å². The molecule has 0 bridgehead atoms. The van der Waals surface area contributed by atoms with E-state index in [9.17, 15) is 4.79 Å². The molecule has 0 aliphatic carbocycles. The Morgan fingerprint density at radius 3 is 3.00 bits per heavy atom. The van der Waals surface area contributed by atoms with Crippen LogP contribution in [0.3, 0.4) is 0 Å². The second-order valence-electron chi connectivity index (χ2n) is 6.31. The molecule has 130 valence electrons. The lowest BCUT2D eigenvalue weighted by molar-refractivity contribution is -0.134. The van der Waals surface area contributed by atoms with Gasteiger partial charge in [0.15, 0.2) is 0 Å². The van der Waals surface area contributed by atoms with Gasteiger partial charge in [0.2, 0.25) is 5.91 Å². The molecule has 3 rings (SSSR count). The molecule has 0 spiro atoms. The fraction of sp³-hybridized carbons (Fsp3) is 0.562. The van der Waals surface area contributed by atoms with Crippen molar-refractivity contribution in [2.75, 3.05) is 27.2 Å². The predicted molar refractivity (Wildman–Crippen MR) is 91.6 cm³/mol. The molecule has 1 amide bonds. The van der Waals surface area contributed by atoms with E-state index < -0.39 is 0 Å². The summed E-state index contributed by atoms with van der Waals surface area (Å²) in [5.74, 6) is 0.104. The molecule has 7 nitrogen and oxygen atoms in total. The third-order valence-corrected chi connectivity index (χ3v) is 4.72. The van der Waals surface area contributed by atoms with Gasteiger partial charge in [0, 0.05) is 18.1 Å². The number of amides is 1. The first-order valence-corrected chi connectivity index (χ1v) is 8.85. The van der Waals surface area contributed by atoms with E-state index in [1.54, 1.807) is 17.5 Å². The molecule has 0 aromatic carbocycles. The number of ether oxygens (including phenoxy) is 1. The first-order chi connectivity index (χ1) is 11.5. The maximum Gasteiger partial charge on any atom is 0.237 e. The van der Waals surface area contributed by atoms with Gasteiger partial charge in [0.25, 0.3) is 0 Å². The predicted octanol–water partition coefficient (Wildman–Crippen LogP) is 1.14. The van der Waals surface area contributed by atoms with E-state index in [0.29, 0.717) is 32.8 Å². The molecule has 1 aliphatic rings. The van der Waals surface area contributed by atoms with Crippen molar-refractivity contribution >= 4 is 17.2 Å². The fourth-order valence-electron chi connectivity index (χ4n) is 2.76. The van der Waals surface area contributed by atoms with Gasteiger partial charge < -0.3 is 14.5 Å². The molecule has 8 heteroatoms. The van der Waals surface area contributed by atoms with E-state index in [0.717, 1.165) is 16.4 Å². The van der Waals surface area contributed by atoms with Crippen LogP contribution in [0.2, 0.25) is 0 Å². The topological polar surface area (TPSA) is 63.5 Å². The number of thiazole rings is 1. The number of carbonyl (C=O) groups excluding carboxylic acids is 1. The third kappa shape index (κ3) is 4.19. The van der Waals surface area contributed by atoms with Gasteiger partial charge in [-0.25, -0.2) is 4.98 Å². The van der Waals surface area contributed by atoms with E-state index in [-0.39, 0.29) is 12.0 Å². The van der Waals surface area contributed by atoms with Crippen LogP contribution >= 0.6 is 11.3 Å². The van der Waals surface area contributed by atoms with Crippen LogP contribution in [0, 0.1) is 6.92 Å². The number of likely N-dealkylation sites (N-methyl/N-ethyl adjacent to an activating group) is 1. The number of hydrogen-bond donors (Lipinski definition) is 0. The molecule has 0 saturated heterocycles. The number of fused-ring (bicyclic) bond motifs is 1. The van der Waals surface area contributed by atoms with Gasteiger partial charge in [0.1, 0.15) is 0 Å². The zero-order chi connectivity index (χ0) is 17.1. The molecule has 1 aliphatic heterocycles. The molecular weight excluding hydrogens is 326 g/mol. The zero-order valence-electron chi connectivity index (χ0n) is 14.3. The van der Waals surface area contributed by atoms with Crippen LogP contribution in [0.25, 0.3) is 0 Å². The first-order valence-electron chi connectivity index (χ1n) is 7.97. The Labute approximate surface area is 145 Å². The summed E-state index contributed by atoms with van der Waals surface area (Å²) in [6, 6.07) is 1.96. The van der Waals surface area contributed by atoms with Crippen molar-refractivity contribution in [3.05, 3.63) is 34.0 Å². The Bertz CT molecular complexity index is 696. The molecule has 0 saturated carbocycles. The summed E-state index contributed by atoms with van der Waals surface area (Å²) < 4.78 is 7.98. The van der Waals surface area contributed by atoms with Crippen LogP contribution in [-0.4, -0.2) is 63.8 Å². The first kappa shape index (κ1) is 17.1. The van der Waals surface area contributed by atoms with Crippen LogP contribution in [0.4, 0.5) is 0 Å². The Hall–Kier alpha value is -1.77. The highest BCUT2D eigenvalue weighted by molar-refractivity contribution is 7.09. The van der Waals surface area contributed by atoms with E-state index in [4.69, 9.17) is 4.74 Å². The second-order valence-corrected chi connectivity index (χ2v) is 7.37. The second kappa shape index (κ2) is 7.42. The summed E-state index contributed by atoms with van der Waals surface area (Å²) in [6.07, 6.45) is 1.68. The standard InChI is InChI=1S/C16H23N5O2S/c1-12-18-13(11-24-12)10-23-15-7-20(16(22)9-19(2)3)6-14-4-5-17-21(14)8-15/h4-5,11,15H,6-10H2,1-3H3. The SMILES string of the molecule is Cc1nc(COC2CN(C(=O)CN(C)C)Cc3ccnn3C2)cs1. The smallest absolute Gasteiger partial charge is 0.237 e. The van der Waals surface area contributed by atoms with E-state index in [1.807, 2.05) is 46.9 Å². The van der Waals surface area contributed by atoms with Crippen molar-refractivity contribution in [1.82, 2.24) is 24.6 Å². The minimum Gasteiger partial charge on any atom is -0.368 e. The van der Waals surface area contributed by atoms with Crippen LogP contribution < -0.4 is 0 Å². The van der Waals surface area contributed by atoms with Crippen molar-refractivity contribution in [2.45, 2.75) is 32.7 Å². The van der Waals surface area contributed by atoms with Crippen LogP contribution in [0.15, 0.2) is 17.6 Å². The van der Waals surface area contributed by atoms with Crippen molar-refractivity contribution in [2.24, 2.45) is 0 Å². The quantitative estimate of drug-likeness (QED) is 0.810. The highest BCUT2D eigenvalue weighted by Gasteiger charge is 2.26. The Kier molecular flexibility index (Phi) is 5.27. The normalized spacial score (nSPS) is 17.8. The zero-order valence-corrected chi connectivity index (χ0v) is 15.1. The summed E-state index contributed by atoms with van der Waals surface area (Å²) in [5.41, 5.74) is 1.98. The summed E-state index contributed by atoms with van der Waals surface area (Å²) in [5, 5.41) is 7.40. The maximum absolute atomic E-state index is 12.5. The summed E-state index contributed by atoms with van der Waals surface area (Å²) in [6.45, 7) is 4.63. The van der Waals surface area contributed by atoms with Crippen LogP contribution in [0.5, 0.6) is 0 Å². The number of aromatic nitrogens is 3. The minimum absolute atomic E-state index is 0.0979. The summed E-state index contributed by atoms with van der Waals surface area (Å²) >= 11 is 1.62.